The zero-order valence-corrected chi connectivity index (χ0v) is 16.4. The number of rotatable bonds is 3. The van der Waals surface area contributed by atoms with Crippen molar-refractivity contribution in [3.8, 4) is 5.75 Å². The van der Waals surface area contributed by atoms with Gasteiger partial charge in [0, 0.05) is 11.0 Å². The van der Waals surface area contributed by atoms with E-state index >= 15 is 0 Å². The quantitative estimate of drug-likeness (QED) is 0.790. The van der Waals surface area contributed by atoms with E-state index in [-0.39, 0.29) is 5.91 Å². The van der Waals surface area contributed by atoms with Crippen molar-refractivity contribution in [2.75, 3.05) is 11.9 Å². The van der Waals surface area contributed by atoms with Crippen molar-refractivity contribution in [1.29, 1.82) is 0 Å². The van der Waals surface area contributed by atoms with Crippen molar-refractivity contribution in [3.63, 3.8) is 0 Å². The summed E-state index contributed by atoms with van der Waals surface area (Å²) in [5.41, 5.74) is 2.94. The van der Waals surface area contributed by atoms with Crippen LogP contribution < -0.4 is 10.1 Å². The molecule has 0 spiro atoms. The van der Waals surface area contributed by atoms with Crippen LogP contribution in [0.4, 0.5) is 10.5 Å². The van der Waals surface area contributed by atoms with Crippen LogP contribution in [0.15, 0.2) is 46.9 Å². The summed E-state index contributed by atoms with van der Waals surface area (Å²) in [5.74, 6) is 0.275. The molecule has 1 fully saturated rings. The number of carbonyl (C=O) groups excluding carboxylic acids is 2. The SMILES string of the molecule is Cc1cc(Br)c(NC(=O)[C@H]2CCCN2C(=O)Oc2ccccc2)cc1C. The molecule has 1 aliphatic rings. The fourth-order valence-electron chi connectivity index (χ4n) is 3.00. The predicted molar refractivity (Wildman–Crippen MR) is 104 cm³/mol. The van der Waals surface area contributed by atoms with Crippen LogP contribution in [0.1, 0.15) is 24.0 Å². The molecule has 0 aromatic heterocycles. The lowest BCUT2D eigenvalue weighted by atomic mass is 10.1. The smallest absolute Gasteiger partial charge is 0.410 e. The Morgan fingerprint density at radius 3 is 2.58 bits per heavy atom. The minimum Gasteiger partial charge on any atom is -0.410 e. The van der Waals surface area contributed by atoms with Crippen LogP contribution in [-0.2, 0) is 4.79 Å². The number of ether oxygens (including phenoxy) is 1. The second-order valence-corrected chi connectivity index (χ2v) is 7.29. The van der Waals surface area contributed by atoms with E-state index in [1.54, 1.807) is 24.3 Å². The van der Waals surface area contributed by atoms with Crippen molar-refractivity contribution in [2.45, 2.75) is 32.7 Å². The number of nitrogens with zero attached hydrogens (tertiary/aromatic N) is 1. The Hall–Kier alpha value is -2.34. The molecule has 5 nitrogen and oxygen atoms in total. The Kier molecular flexibility index (Phi) is 5.61. The van der Waals surface area contributed by atoms with E-state index in [4.69, 9.17) is 4.74 Å². The van der Waals surface area contributed by atoms with Crippen molar-refractivity contribution in [2.24, 2.45) is 0 Å². The molecule has 0 unspecified atom stereocenters. The molecule has 6 heteroatoms. The van der Waals surface area contributed by atoms with Gasteiger partial charge < -0.3 is 10.1 Å². The second-order valence-electron chi connectivity index (χ2n) is 6.44. The third kappa shape index (κ3) is 4.07. The number of likely N-dealkylation sites (tertiary alicyclic amines) is 1. The monoisotopic (exact) mass is 416 g/mol. The molecule has 26 heavy (non-hydrogen) atoms. The Morgan fingerprint density at radius 1 is 1.15 bits per heavy atom. The van der Waals surface area contributed by atoms with Crippen LogP contribution >= 0.6 is 15.9 Å². The maximum absolute atomic E-state index is 12.7. The summed E-state index contributed by atoms with van der Waals surface area (Å²) in [6.07, 6.45) is 0.904. The van der Waals surface area contributed by atoms with Crippen molar-refractivity contribution in [1.82, 2.24) is 4.90 Å². The van der Waals surface area contributed by atoms with E-state index in [2.05, 4.69) is 21.2 Å². The lowest BCUT2D eigenvalue weighted by molar-refractivity contribution is -0.119. The van der Waals surface area contributed by atoms with E-state index in [1.807, 2.05) is 32.0 Å². The van der Waals surface area contributed by atoms with Crippen LogP contribution in [0.5, 0.6) is 5.75 Å². The molecule has 1 aliphatic heterocycles. The fraction of sp³-hybridized carbons (Fsp3) is 0.300. The zero-order valence-electron chi connectivity index (χ0n) is 14.8. The normalized spacial score (nSPS) is 16.4. The van der Waals surface area contributed by atoms with Gasteiger partial charge in [0.15, 0.2) is 0 Å². The maximum Gasteiger partial charge on any atom is 0.415 e. The number of halogens is 1. The van der Waals surface area contributed by atoms with Crippen molar-refractivity contribution >= 4 is 33.6 Å². The molecule has 3 rings (SSSR count). The largest absolute Gasteiger partial charge is 0.415 e. The molecular weight excluding hydrogens is 396 g/mol. The number of carbonyl (C=O) groups is 2. The Balaban J connectivity index is 1.70. The van der Waals surface area contributed by atoms with Crippen LogP contribution in [0.2, 0.25) is 0 Å². The molecule has 1 saturated heterocycles. The van der Waals surface area contributed by atoms with Gasteiger partial charge in [-0.15, -0.1) is 0 Å². The standard InChI is InChI=1S/C20H21BrN2O3/c1-13-11-16(21)17(12-14(13)2)22-19(24)18-9-6-10-23(18)20(25)26-15-7-4-3-5-8-15/h3-5,7-8,11-12,18H,6,9-10H2,1-2H3,(H,22,24)/t18-/m1/s1. The fourth-order valence-corrected chi connectivity index (χ4v) is 3.56. The Labute approximate surface area is 161 Å². The molecule has 0 bridgehead atoms. The first kappa shape index (κ1) is 18.5. The van der Waals surface area contributed by atoms with Crippen LogP contribution in [0.3, 0.4) is 0 Å². The zero-order chi connectivity index (χ0) is 18.7. The second kappa shape index (κ2) is 7.91. The average molecular weight is 417 g/mol. The highest BCUT2D eigenvalue weighted by molar-refractivity contribution is 9.10. The molecule has 136 valence electrons. The summed E-state index contributed by atoms with van der Waals surface area (Å²) in [5, 5.41) is 2.93. The van der Waals surface area contributed by atoms with E-state index < -0.39 is 12.1 Å². The molecule has 0 aliphatic carbocycles. The van der Waals surface area contributed by atoms with Crippen molar-refractivity contribution in [3.05, 3.63) is 58.1 Å². The minimum absolute atomic E-state index is 0.198. The predicted octanol–water partition coefficient (Wildman–Crippen LogP) is 4.67. The number of para-hydroxylation sites is 1. The Morgan fingerprint density at radius 2 is 1.85 bits per heavy atom. The Bertz CT molecular complexity index is 823. The summed E-state index contributed by atoms with van der Waals surface area (Å²) in [6, 6.07) is 12.3. The third-order valence-electron chi connectivity index (χ3n) is 4.58. The summed E-state index contributed by atoms with van der Waals surface area (Å²) in [6.45, 7) is 4.53. The third-order valence-corrected chi connectivity index (χ3v) is 5.24. The van der Waals surface area contributed by atoms with Gasteiger partial charge in [-0.25, -0.2) is 4.79 Å². The van der Waals surface area contributed by atoms with Gasteiger partial charge in [-0.2, -0.15) is 0 Å². The first-order valence-corrected chi connectivity index (χ1v) is 9.36. The van der Waals surface area contributed by atoms with Crippen LogP contribution in [0.25, 0.3) is 0 Å². The molecule has 2 aromatic rings. The van der Waals surface area contributed by atoms with Gasteiger partial charge in [-0.05, 0) is 78.0 Å². The number of anilines is 1. The molecular formula is C20H21BrN2O3. The van der Waals surface area contributed by atoms with Gasteiger partial charge in [-0.3, -0.25) is 9.69 Å². The molecule has 1 heterocycles. The van der Waals surface area contributed by atoms with Crippen LogP contribution in [0, 0.1) is 13.8 Å². The molecule has 1 atom stereocenters. The molecule has 0 radical (unpaired) electrons. The highest BCUT2D eigenvalue weighted by atomic mass is 79.9. The number of amides is 2. The number of nitrogens with one attached hydrogen (secondary N) is 1. The lowest BCUT2D eigenvalue weighted by Crippen LogP contribution is -2.44. The maximum atomic E-state index is 12.7. The highest BCUT2D eigenvalue weighted by Gasteiger charge is 2.35. The van der Waals surface area contributed by atoms with Crippen molar-refractivity contribution < 1.29 is 14.3 Å². The number of hydrogen-bond acceptors (Lipinski definition) is 3. The van der Waals surface area contributed by atoms with E-state index in [0.29, 0.717) is 24.4 Å². The summed E-state index contributed by atoms with van der Waals surface area (Å²) >= 11 is 3.49. The summed E-state index contributed by atoms with van der Waals surface area (Å²) < 4.78 is 6.21. The molecule has 2 aromatic carbocycles. The molecule has 1 N–H and O–H groups in total. The minimum atomic E-state index is -0.528. The molecule has 2 amide bonds. The van der Waals surface area contributed by atoms with E-state index in [1.165, 1.54) is 4.90 Å². The number of aryl methyl sites for hydroxylation is 2. The summed E-state index contributed by atoms with van der Waals surface area (Å²) in [7, 11) is 0. The van der Waals surface area contributed by atoms with Gasteiger partial charge in [0.05, 0.1) is 5.69 Å². The summed E-state index contributed by atoms with van der Waals surface area (Å²) in [4.78, 5) is 26.7. The number of hydrogen-bond donors (Lipinski definition) is 1. The van der Waals surface area contributed by atoms with Gasteiger partial charge in [0.25, 0.3) is 0 Å². The van der Waals surface area contributed by atoms with Crippen LogP contribution in [-0.4, -0.2) is 29.5 Å². The first-order valence-electron chi connectivity index (χ1n) is 8.57. The van der Waals surface area contributed by atoms with Gasteiger partial charge in [-0.1, -0.05) is 18.2 Å². The highest BCUT2D eigenvalue weighted by Crippen LogP contribution is 2.28. The van der Waals surface area contributed by atoms with E-state index in [0.717, 1.165) is 22.0 Å². The first-order chi connectivity index (χ1) is 12.5. The topological polar surface area (TPSA) is 58.6 Å². The van der Waals surface area contributed by atoms with Gasteiger partial charge in [0.2, 0.25) is 5.91 Å². The van der Waals surface area contributed by atoms with Gasteiger partial charge >= 0.3 is 6.09 Å². The van der Waals surface area contributed by atoms with Gasteiger partial charge in [0.1, 0.15) is 11.8 Å². The molecule has 0 saturated carbocycles. The number of benzene rings is 2. The average Bonchev–Trinajstić information content (AvgIpc) is 3.10. The lowest BCUT2D eigenvalue weighted by Gasteiger charge is -2.23. The van der Waals surface area contributed by atoms with E-state index in [9.17, 15) is 9.59 Å².